The summed E-state index contributed by atoms with van der Waals surface area (Å²) in [6, 6.07) is 0.0859. The van der Waals surface area contributed by atoms with E-state index in [1.165, 1.54) is 0 Å². The summed E-state index contributed by atoms with van der Waals surface area (Å²) in [5.74, 6) is 0.506. The molecule has 2 aliphatic heterocycles. The first-order valence-electron chi connectivity index (χ1n) is 9.36. The van der Waals surface area contributed by atoms with Gasteiger partial charge in [0.15, 0.2) is 0 Å². The quantitative estimate of drug-likeness (QED) is 0.767. The molecule has 0 aromatic carbocycles. The number of hydrogen-bond donors (Lipinski definition) is 0. The van der Waals surface area contributed by atoms with E-state index in [1.54, 1.807) is 0 Å². The minimum Gasteiger partial charge on any atom is -0.378 e. The third-order valence-corrected chi connectivity index (χ3v) is 5.98. The summed E-state index contributed by atoms with van der Waals surface area (Å²) in [4.78, 5) is 32.1. The van der Waals surface area contributed by atoms with Gasteiger partial charge in [-0.05, 0) is 33.4 Å². The molecule has 136 valence electrons. The van der Waals surface area contributed by atoms with Crippen molar-refractivity contribution in [3.8, 4) is 0 Å². The summed E-state index contributed by atoms with van der Waals surface area (Å²) in [7, 11) is 4.06. The standard InChI is InChI=1S/C18H31N3O3/c1-19(2)9-10-21-15-5-3-4-7-18(15,8-6-16(21)22)17(23)20-11-13-24-14-12-20/h15H,3-14H2,1-2H3/t15-,18-/m1/s1. The molecule has 0 bridgehead atoms. The van der Waals surface area contributed by atoms with Crippen molar-refractivity contribution in [3.05, 3.63) is 0 Å². The molecule has 0 radical (unpaired) electrons. The van der Waals surface area contributed by atoms with Crippen LogP contribution in [0.15, 0.2) is 0 Å². The molecule has 3 aliphatic rings. The van der Waals surface area contributed by atoms with Gasteiger partial charge in [0, 0.05) is 38.6 Å². The number of ether oxygens (including phenoxy) is 1. The Hall–Kier alpha value is -1.14. The number of carbonyl (C=O) groups is 2. The van der Waals surface area contributed by atoms with Crippen molar-refractivity contribution in [2.45, 2.75) is 44.6 Å². The first kappa shape index (κ1) is 17.7. The number of amides is 2. The minimum absolute atomic E-state index is 0.0859. The van der Waals surface area contributed by atoms with Crippen LogP contribution in [0.5, 0.6) is 0 Å². The molecule has 2 atom stereocenters. The van der Waals surface area contributed by atoms with Gasteiger partial charge >= 0.3 is 0 Å². The van der Waals surface area contributed by atoms with E-state index in [9.17, 15) is 9.59 Å². The maximum absolute atomic E-state index is 13.4. The van der Waals surface area contributed by atoms with Crippen LogP contribution in [-0.2, 0) is 14.3 Å². The molecule has 1 saturated carbocycles. The third kappa shape index (κ3) is 3.31. The summed E-state index contributed by atoms with van der Waals surface area (Å²) in [5.41, 5.74) is -0.351. The maximum Gasteiger partial charge on any atom is 0.231 e. The number of fused-ring (bicyclic) bond motifs is 1. The largest absolute Gasteiger partial charge is 0.378 e. The van der Waals surface area contributed by atoms with Crippen LogP contribution in [0, 0.1) is 5.41 Å². The highest BCUT2D eigenvalue weighted by Gasteiger charge is 2.54. The predicted molar refractivity (Wildman–Crippen MR) is 91.6 cm³/mol. The van der Waals surface area contributed by atoms with Crippen molar-refractivity contribution in [2.24, 2.45) is 5.41 Å². The van der Waals surface area contributed by atoms with E-state index in [-0.39, 0.29) is 23.3 Å². The lowest BCUT2D eigenvalue weighted by atomic mass is 9.64. The normalized spacial score (nSPS) is 31.3. The number of carbonyl (C=O) groups excluding carboxylic acids is 2. The molecule has 0 unspecified atom stereocenters. The lowest BCUT2D eigenvalue weighted by molar-refractivity contribution is -0.164. The maximum atomic E-state index is 13.4. The van der Waals surface area contributed by atoms with Gasteiger partial charge in [0.05, 0.1) is 18.6 Å². The van der Waals surface area contributed by atoms with Crippen molar-refractivity contribution in [2.75, 3.05) is 53.5 Å². The van der Waals surface area contributed by atoms with Crippen molar-refractivity contribution >= 4 is 11.8 Å². The average molecular weight is 337 g/mol. The molecule has 2 amide bonds. The Bertz CT molecular complexity index is 476. The van der Waals surface area contributed by atoms with Gasteiger partial charge in [-0.3, -0.25) is 9.59 Å². The number of hydrogen-bond acceptors (Lipinski definition) is 4. The van der Waals surface area contributed by atoms with E-state index in [1.807, 2.05) is 23.9 Å². The lowest BCUT2D eigenvalue weighted by Crippen LogP contribution is -2.63. The fourth-order valence-electron chi connectivity index (χ4n) is 4.64. The van der Waals surface area contributed by atoms with Crippen molar-refractivity contribution in [1.82, 2.24) is 14.7 Å². The molecule has 1 aliphatic carbocycles. The molecule has 3 fully saturated rings. The third-order valence-electron chi connectivity index (χ3n) is 5.98. The van der Waals surface area contributed by atoms with Crippen LogP contribution in [-0.4, -0.2) is 86.0 Å². The van der Waals surface area contributed by atoms with E-state index < -0.39 is 0 Å². The second-order valence-corrected chi connectivity index (χ2v) is 7.71. The van der Waals surface area contributed by atoms with Gasteiger partial charge in [-0.15, -0.1) is 0 Å². The second-order valence-electron chi connectivity index (χ2n) is 7.71. The molecule has 0 aromatic rings. The van der Waals surface area contributed by atoms with Crippen molar-refractivity contribution in [3.63, 3.8) is 0 Å². The van der Waals surface area contributed by atoms with E-state index in [2.05, 4.69) is 4.90 Å². The zero-order valence-electron chi connectivity index (χ0n) is 15.1. The Balaban J connectivity index is 1.82. The summed E-state index contributed by atoms with van der Waals surface area (Å²) in [6.45, 7) is 4.24. The Morgan fingerprint density at radius 3 is 2.71 bits per heavy atom. The van der Waals surface area contributed by atoms with Crippen molar-refractivity contribution in [1.29, 1.82) is 0 Å². The predicted octanol–water partition coefficient (Wildman–Crippen LogP) is 0.958. The topological polar surface area (TPSA) is 53.1 Å². The Morgan fingerprint density at radius 1 is 1.25 bits per heavy atom. The number of rotatable bonds is 4. The van der Waals surface area contributed by atoms with Gasteiger partial charge in [0.1, 0.15) is 0 Å². The molecule has 6 heteroatoms. The van der Waals surface area contributed by atoms with Crippen LogP contribution in [0.1, 0.15) is 38.5 Å². The van der Waals surface area contributed by atoms with Gasteiger partial charge < -0.3 is 19.4 Å². The smallest absolute Gasteiger partial charge is 0.231 e. The molecular formula is C18H31N3O3. The number of nitrogens with zero attached hydrogens (tertiary/aromatic N) is 3. The van der Waals surface area contributed by atoms with Crippen LogP contribution >= 0.6 is 0 Å². The number of morpholine rings is 1. The minimum atomic E-state index is -0.351. The van der Waals surface area contributed by atoms with Gasteiger partial charge in [-0.1, -0.05) is 12.8 Å². The van der Waals surface area contributed by atoms with E-state index in [0.717, 1.165) is 45.2 Å². The van der Waals surface area contributed by atoms with E-state index >= 15 is 0 Å². The Labute approximate surface area is 145 Å². The molecule has 3 rings (SSSR count). The molecule has 2 heterocycles. The molecule has 24 heavy (non-hydrogen) atoms. The fourth-order valence-corrected chi connectivity index (χ4v) is 4.64. The molecule has 2 saturated heterocycles. The number of likely N-dealkylation sites (N-methyl/N-ethyl adjacent to an activating group) is 1. The summed E-state index contributed by atoms with van der Waals surface area (Å²) in [5, 5.41) is 0. The molecular weight excluding hydrogens is 306 g/mol. The van der Waals surface area contributed by atoms with Crippen LogP contribution in [0.3, 0.4) is 0 Å². The molecule has 6 nitrogen and oxygen atoms in total. The van der Waals surface area contributed by atoms with Crippen LogP contribution < -0.4 is 0 Å². The highest BCUT2D eigenvalue weighted by Crippen LogP contribution is 2.47. The summed E-state index contributed by atoms with van der Waals surface area (Å²) >= 11 is 0. The lowest BCUT2D eigenvalue weighted by Gasteiger charge is -2.53. The second kappa shape index (κ2) is 7.40. The first-order valence-corrected chi connectivity index (χ1v) is 9.36. The van der Waals surface area contributed by atoms with Crippen LogP contribution in [0.4, 0.5) is 0 Å². The Kier molecular flexibility index (Phi) is 5.45. The highest BCUT2D eigenvalue weighted by molar-refractivity contribution is 5.88. The highest BCUT2D eigenvalue weighted by atomic mass is 16.5. The SMILES string of the molecule is CN(C)CCN1C(=O)CC[C@]2(C(=O)N3CCOCC3)CCCC[C@@H]12. The summed E-state index contributed by atoms with van der Waals surface area (Å²) in [6.07, 6.45) is 5.36. The molecule has 0 aromatic heterocycles. The van der Waals surface area contributed by atoms with E-state index in [4.69, 9.17) is 4.74 Å². The average Bonchev–Trinajstić information content (AvgIpc) is 2.61. The van der Waals surface area contributed by atoms with E-state index in [0.29, 0.717) is 32.7 Å². The number of piperidine rings is 1. The van der Waals surface area contributed by atoms with Gasteiger partial charge in [-0.2, -0.15) is 0 Å². The Morgan fingerprint density at radius 2 is 2.00 bits per heavy atom. The van der Waals surface area contributed by atoms with Gasteiger partial charge in [-0.25, -0.2) is 0 Å². The van der Waals surface area contributed by atoms with Crippen LogP contribution in [0.2, 0.25) is 0 Å². The van der Waals surface area contributed by atoms with Gasteiger partial charge in [0.25, 0.3) is 0 Å². The van der Waals surface area contributed by atoms with Crippen LogP contribution in [0.25, 0.3) is 0 Å². The zero-order chi connectivity index (χ0) is 17.2. The first-order chi connectivity index (χ1) is 11.5. The monoisotopic (exact) mass is 337 g/mol. The van der Waals surface area contributed by atoms with Crippen molar-refractivity contribution < 1.29 is 14.3 Å². The van der Waals surface area contributed by atoms with Gasteiger partial charge in [0.2, 0.25) is 11.8 Å². The fraction of sp³-hybridized carbons (Fsp3) is 0.889. The number of likely N-dealkylation sites (tertiary alicyclic amines) is 1. The molecule has 0 spiro atoms. The zero-order valence-corrected chi connectivity index (χ0v) is 15.1. The molecule has 0 N–H and O–H groups in total. The summed E-state index contributed by atoms with van der Waals surface area (Å²) < 4.78 is 5.41.